The number of carbonyl (C=O) groups excluding carboxylic acids is 1. The first-order valence-corrected chi connectivity index (χ1v) is 6.38. The standard InChI is InChI=1S/C14H21N3O2/c1-13(2)11(15)14(3,4)12(13)17-10(19)8-5-6-16-7-9(8)18/h5-7,11-12,18H,15H2,1-4H3,(H,17,19). The summed E-state index contributed by atoms with van der Waals surface area (Å²) in [5.74, 6) is -0.405. The maximum Gasteiger partial charge on any atom is 0.255 e. The highest BCUT2D eigenvalue weighted by atomic mass is 16.3. The number of rotatable bonds is 2. The third kappa shape index (κ3) is 1.98. The Morgan fingerprint density at radius 3 is 2.47 bits per heavy atom. The van der Waals surface area contributed by atoms with Gasteiger partial charge < -0.3 is 16.2 Å². The fourth-order valence-corrected chi connectivity index (χ4v) is 3.34. The van der Waals surface area contributed by atoms with Crippen LogP contribution >= 0.6 is 0 Å². The molecule has 1 aromatic rings. The lowest BCUT2D eigenvalue weighted by Crippen LogP contribution is -2.76. The van der Waals surface area contributed by atoms with Gasteiger partial charge in [-0.3, -0.25) is 9.78 Å². The minimum atomic E-state index is -0.294. The normalized spacial score (nSPS) is 27.4. The van der Waals surface area contributed by atoms with Gasteiger partial charge in [0.05, 0.1) is 11.8 Å². The summed E-state index contributed by atoms with van der Waals surface area (Å²) in [4.78, 5) is 16.0. The van der Waals surface area contributed by atoms with Crippen LogP contribution < -0.4 is 11.1 Å². The Morgan fingerprint density at radius 2 is 1.95 bits per heavy atom. The third-order valence-electron chi connectivity index (χ3n) is 4.41. The maximum absolute atomic E-state index is 12.2. The van der Waals surface area contributed by atoms with E-state index in [9.17, 15) is 9.90 Å². The van der Waals surface area contributed by atoms with Gasteiger partial charge in [-0.25, -0.2) is 0 Å². The molecule has 0 saturated heterocycles. The fourth-order valence-electron chi connectivity index (χ4n) is 3.34. The Morgan fingerprint density at radius 1 is 1.37 bits per heavy atom. The van der Waals surface area contributed by atoms with Crippen LogP contribution in [-0.4, -0.2) is 28.1 Å². The Hall–Kier alpha value is -1.62. The number of nitrogens with two attached hydrogens (primary N) is 1. The molecule has 2 rings (SSSR count). The fraction of sp³-hybridized carbons (Fsp3) is 0.571. The molecule has 1 fully saturated rings. The molecule has 5 nitrogen and oxygen atoms in total. The molecule has 0 radical (unpaired) electrons. The molecule has 1 aliphatic carbocycles. The van der Waals surface area contributed by atoms with Crippen molar-refractivity contribution < 1.29 is 9.90 Å². The number of aromatic hydroxyl groups is 1. The van der Waals surface area contributed by atoms with E-state index in [1.165, 1.54) is 18.5 Å². The molecule has 1 aromatic heterocycles. The van der Waals surface area contributed by atoms with Crippen molar-refractivity contribution in [2.75, 3.05) is 0 Å². The smallest absolute Gasteiger partial charge is 0.255 e. The molecule has 1 saturated carbocycles. The van der Waals surface area contributed by atoms with Gasteiger partial charge >= 0.3 is 0 Å². The van der Waals surface area contributed by atoms with E-state index < -0.39 is 0 Å². The van der Waals surface area contributed by atoms with E-state index in [4.69, 9.17) is 5.73 Å². The van der Waals surface area contributed by atoms with Crippen LogP contribution in [0.4, 0.5) is 0 Å². The molecule has 1 amide bonds. The van der Waals surface area contributed by atoms with Gasteiger partial charge in [0, 0.05) is 29.1 Å². The average molecular weight is 263 g/mol. The molecule has 0 spiro atoms. The Kier molecular flexibility index (Phi) is 3.05. The highest BCUT2D eigenvalue weighted by Gasteiger charge is 2.60. The monoisotopic (exact) mass is 263 g/mol. The number of nitrogens with one attached hydrogen (secondary N) is 1. The molecule has 0 bridgehead atoms. The zero-order valence-corrected chi connectivity index (χ0v) is 11.8. The summed E-state index contributed by atoms with van der Waals surface area (Å²) in [5, 5.41) is 12.6. The van der Waals surface area contributed by atoms with Gasteiger partial charge in [0.15, 0.2) is 0 Å². The number of hydrogen-bond acceptors (Lipinski definition) is 4. The van der Waals surface area contributed by atoms with Gasteiger partial charge in [0.1, 0.15) is 5.75 Å². The Balaban J connectivity index is 2.19. The predicted molar refractivity (Wildman–Crippen MR) is 72.7 cm³/mol. The second-order valence-electron chi connectivity index (χ2n) is 6.42. The zero-order chi connectivity index (χ0) is 14.4. The number of amides is 1. The van der Waals surface area contributed by atoms with Crippen molar-refractivity contribution in [3.63, 3.8) is 0 Å². The van der Waals surface area contributed by atoms with Crippen molar-refractivity contribution in [3.05, 3.63) is 24.0 Å². The maximum atomic E-state index is 12.2. The first kappa shape index (κ1) is 13.8. The van der Waals surface area contributed by atoms with Crippen molar-refractivity contribution >= 4 is 5.91 Å². The Bertz CT molecular complexity index is 495. The molecule has 1 heterocycles. The highest BCUT2D eigenvalue weighted by Crippen LogP contribution is 2.52. The Labute approximate surface area is 113 Å². The number of aromatic nitrogens is 1. The summed E-state index contributed by atoms with van der Waals surface area (Å²) in [6, 6.07) is 1.50. The lowest BCUT2D eigenvalue weighted by Gasteiger charge is -2.62. The molecule has 0 atom stereocenters. The van der Waals surface area contributed by atoms with E-state index in [2.05, 4.69) is 10.3 Å². The number of nitrogens with zero attached hydrogens (tertiary/aromatic N) is 1. The number of hydrogen-bond donors (Lipinski definition) is 3. The highest BCUT2D eigenvalue weighted by molar-refractivity contribution is 5.97. The second-order valence-corrected chi connectivity index (χ2v) is 6.42. The van der Waals surface area contributed by atoms with Crippen molar-refractivity contribution in [3.8, 4) is 5.75 Å². The third-order valence-corrected chi connectivity index (χ3v) is 4.41. The minimum absolute atomic E-state index is 0.0244. The van der Waals surface area contributed by atoms with Gasteiger partial charge in [-0.05, 0) is 6.07 Å². The lowest BCUT2D eigenvalue weighted by molar-refractivity contribution is -0.0663. The summed E-state index contributed by atoms with van der Waals surface area (Å²) in [5.41, 5.74) is 6.07. The molecular weight excluding hydrogens is 242 g/mol. The quantitative estimate of drug-likeness (QED) is 0.750. The summed E-state index contributed by atoms with van der Waals surface area (Å²) in [7, 11) is 0. The largest absolute Gasteiger partial charge is 0.505 e. The van der Waals surface area contributed by atoms with Crippen LogP contribution in [0, 0.1) is 10.8 Å². The van der Waals surface area contributed by atoms with E-state index in [1.807, 2.05) is 27.7 Å². The molecule has 0 aliphatic heterocycles. The minimum Gasteiger partial charge on any atom is -0.505 e. The molecule has 0 unspecified atom stereocenters. The van der Waals surface area contributed by atoms with E-state index in [1.54, 1.807) is 0 Å². The van der Waals surface area contributed by atoms with E-state index in [0.29, 0.717) is 0 Å². The van der Waals surface area contributed by atoms with Crippen molar-refractivity contribution in [2.45, 2.75) is 39.8 Å². The first-order chi connectivity index (χ1) is 8.69. The van der Waals surface area contributed by atoms with Gasteiger partial charge in [0.25, 0.3) is 5.91 Å². The zero-order valence-electron chi connectivity index (χ0n) is 11.8. The van der Waals surface area contributed by atoms with E-state index in [0.717, 1.165) is 0 Å². The molecule has 19 heavy (non-hydrogen) atoms. The van der Waals surface area contributed by atoms with Crippen LogP contribution in [-0.2, 0) is 0 Å². The molecule has 0 aromatic carbocycles. The summed E-state index contributed by atoms with van der Waals surface area (Å²) < 4.78 is 0. The van der Waals surface area contributed by atoms with Crippen LogP contribution in [0.25, 0.3) is 0 Å². The van der Waals surface area contributed by atoms with Crippen molar-refractivity contribution in [2.24, 2.45) is 16.6 Å². The SMILES string of the molecule is CC1(C)C(N)C(C)(C)C1NC(=O)c1ccncc1O. The second kappa shape index (κ2) is 4.20. The van der Waals surface area contributed by atoms with Crippen molar-refractivity contribution in [1.29, 1.82) is 0 Å². The van der Waals surface area contributed by atoms with Crippen LogP contribution in [0.5, 0.6) is 5.75 Å². The van der Waals surface area contributed by atoms with Crippen LogP contribution in [0.2, 0.25) is 0 Å². The van der Waals surface area contributed by atoms with Crippen LogP contribution in [0.15, 0.2) is 18.5 Å². The predicted octanol–water partition coefficient (Wildman–Crippen LogP) is 1.28. The molecular formula is C14H21N3O2. The molecule has 1 aliphatic rings. The number of carbonyl (C=O) groups is 1. The molecule has 104 valence electrons. The van der Waals surface area contributed by atoms with Crippen LogP contribution in [0.1, 0.15) is 38.1 Å². The molecule has 5 heteroatoms. The van der Waals surface area contributed by atoms with Crippen molar-refractivity contribution in [1.82, 2.24) is 10.3 Å². The topological polar surface area (TPSA) is 88.2 Å². The van der Waals surface area contributed by atoms with Gasteiger partial charge in [-0.2, -0.15) is 0 Å². The molecule has 4 N–H and O–H groups in total. The average Bonchev–Trinajstić information content (AvgIpc) is 2.34. The van der Waals surface area contributed by atoms with Gasteiger partial charge in [0.2, 0.25) is 0 Å². The summed E-state index contributed by atoms with van der Waals surface area (Å²) in [6.45, 7) is 8.17. The van der Waals surface area contributed by atoms with Gasteiger partial charge in [-0.1, -0.05) is 27.7 Å². The van der Waals surface area contributed by atoms with Gasteiger partial charge in [-0.15, -0.1) is 0 Å². The first-order valence-electron chi connectivity index (χ1n) is 6.38. The lowest BCUT2D eigenvalue weighted by atomic mass is 9.48. The number of pyridine rings is 1. The summed E-state index contributed by atoms with van der Waals surface area (Å²) in [6.07, 6.45) is 2.75. The van der Waals surface area contributed by atoms with E-state index >= 15 is 0 Å². The summed E-state index contributed by atoms with van der Waals surface area (Å²) >= 11 is 0. The van der Waals surface area contributed by atoms with Crippen LogP contribution in [0.3, 0.4) is 0 Å². The van der Waals surface area contributed by atoms with E-state index in [-0.39, 0.29) is 40.1 Å².